The van der Waals surface area contributed by atoms with Crippen LogP contribution in [0.5, 0.6) is 0 Å². The van der Waals surface area contributed by atoms with Crippen molar-refractivity contribution in [3.8, 4) is 0 Å². The summed E-state index contributed by atoms with van der Waals surface area (Å²) >= 11 is 0. The van der Waals surface area contributed by atoms with Crippen LogP contribution >= 0.6 is 0 Å². The maximum Gasteiger partial charge on any atom is 0.240 e. The van der Waals surface area contributed by atoms with E-state index in [1.807, 2.05) is 6.61 Å². The first-order valence-electron chi connectivity index (χ1n) is 6.99. The Labute approximate surface area is 118 Å². The summed E-state index contributed by atoms with van der Waals surface area (Å²) in [6, 6.07) is 21.2. The maximum atomic E-state index is 6.13. The lowest BCUT2D eigenvalue weighted by atomic mass is 10.3. The molecule has 0 saturated carbocycles. The Balaban J connectivity index is 2.10. The zero-order valence-electron chi connectivity index (χ0n) is 11.5. The van der Waals surface area contributed by atoms with Crippen LogP contribution in [-0.4, -0.2) is 9.04 Å². The van der Waals surface area contributed by atoms with Gasteiger partial charge in [0, 0.05) is 0 Å². The topological polar surface area (TPSA) is 9.23 Å². The number of hydrogen-bond donors (Lipinski definition) is 0. The molecule has 19 heavy (non-hydrogen) atoms. The average Bonchev–Trinajstić information content (AvgIpc) is 2.49. The van der Waals surface area contributed by atoms with Crippen molar-refractivity contribution in [1.82, 2.24) is 0 Å². The van der Waals surface area contributed by atoms with Crippen LogP contribution in [0.15, 0.2) is 60.7 Å². The van der Waals surface area contributed by atoms with Crippen molar-refractivity contribution in [1.29, 1.82) is 0 Å². The van der Waals surface area contributed by atoms with Crippen LogP contribution < -0.4 is 10.4 Å². The van der Waals surface area contributed by atoms with Crippen LogP contribution in [0, 0.1) is 6.61 Å². The molecule has 1 nitrogen and oxygen atoms in total. The summed E-state index contributed by atoms with van der Waals surface area (Å²) < 4.78 is 6.13. The normalized spacial score (nSPS) is 10.8. The second kappa shape index (κ2) is 7.92. The van der Waals surface area contributed by atoms with E-state index in [0.29, 0.717) is 0 Å². The van der Waals surface area contributed by atoms with Gasteiger partial charge in [-0.1, -0.05) is 80.4 Å². The van der Waals surface area contributed by atoms with Gasteiger partial charge in [0.25, 0.3) is 0 Å². The lowest BCUT2D eigenvalue weighted by Crippen LogP contribution is -2.44. The van der Waals surface area contributed by atoms with Crippen molar-refractivity contribution >= 4 is 19.4 Å². The Morgan fingerprint density at radius 2 is 1.42 bits per heavy atom. The highest BCUT2D eigenvalue weighted by molar-refractivity contribution is 6.80. The molecule has 0 saturated heterocycles. The van der Waals surface area contributed by atoms with Crippen LogP contribution in [0.3, 0.4) is 0 Å². The zero-order valence-corrected chi connectivity index (χ0v) is 12.6. The van der Waals surface area contributed by atoms with Crippen LogP contribution in [0.25, 0.3) is 0 Å². The Bertz CT molecular complexity index is 416. The van der Waals surface area contributed by atoms with Crippen LogP contribution in [-0.2, 0) is 4.43 Å². The summed E-state index contributed by atoms with van der Waals surface area (Å²) in [6.45, 7) is 4.22. The fourth-order valence-electron chi connectivity index (χ4n) is 2.06. The van der Waals surface area contributed by atoms with E-state index in [2.05, 4.69) is 67.6 Å². The smallest absolute Gasteiger partial charge is 0.240 e. The average molecular weight is 269 g/mol. The first-order valence-corrected chi connectivity index (χ1v) is 8.61. The van der Waals surface area contributed by atoms with Gasteiger partial charge in [-0.05, 0) is 16.8 Å². The van der Waals surface area contributed by atoms with Crippen molar-refractivity contribution in [3.63, 3.8) is 0 Å². The van der Waals surface area contributed by atoms with Gasteiger partial charge in [0.1, 0.15) is 0 Å². The molecule has 1 radical (unpaired) electrons. The molecule has 2 aromatic carbocycles. The van der Waals surface area contributed by atoms with E-state index in [1.165, 1.54) is 23.2 Å². The molecular formula is C17H21OSi. The third-order valence-corrected chi connectivity index (χ3v) is 5.56. The predicted molar refractivity (Wildman–Crippen MR) is 84.2 cm³/mol. The fourth-order valence-corrected chi connectivity index (χ4v) is 4.23. The van der Waals surface area contributed by atoms with Crippen molar-refractivity contribution < 1.29 is 4.43 Å². The molecule has 0 amide bonds. The molecule has 2 heteroatoms. The Morgan fingerprint density at radius 1 is 0.895 bits per heavy atom. The van der Waals surface area contributed by atoms with E-state index in [1.54, 1.807) is 0 Å². The van der Waals surface area contributed by atoms with Gasteiger partial charge in [0.2, 0.25) is 9.04 Å². The van der Waals surface area contributed by atoms with Crippen LogP contribution in [0.1, 0.15) is 26.2 Å². The molecule has 0 aliphatic rings. The van der Waals surface area contributed by atoms with E-state index in [9.17, 15) is 0 Å². The first-order chi connectivity index (χ1) is 9.42. The summed E-state index contributed by atoms with van der Waals surface area (Å²) in [5.41, 5.74) is 0. The lowest BCUT2D eigenvalue weighted by Gasteiger charge is -2.16. The van der Waals surface area contributed by atoms with Crippen molar-refractivity contribution in [2.24, 2.45) is 0 Å². The molecule has 0 aliphatic heterocycles. The van der Waals surface area contributed by atoms with Gasteiger partial charge in [-0.25, -0.2) is 0 Å². The highest BCUT2D eigenvalue weighted by atomic mass is 28.3. The van der Waals surface area contributed by atoms with E-state index in [4.69, 9.17) is 4.43 Å². The Hall–Kier alpha value is -1.38. The molecule has 0 heterocycles. The highest BCUT2D eigenvalue weighted by Crippen LogP contribution is 2.02. The molecule has 0 fully saturated rings. The summed E-state index contributed by atoms with van der Waals surface area (Å²) in [5.74, 6) is 0. The largest absolute Gasteiger partial charge is 0.405 e. The molecule has 99 valence electrons. The maximum absolute atomic E-state index is 6.13. The van der Waals surface area contributed by atoms with Gasteiger partial charge >= 0.3 is 0 Å². The minimum absolute atomic E-state index is 1.04. The predicted octanol–water partition coefficient (Wildman–Crippen LogP) is 2.89. The van der Waals surface area contributed by atoms with Crippen LogP contribution in [0.2, 0.25) is 0 Å². The van der Waals surface area contributed by atoms with Crippen molar-refractivity contribution in [2.45, 2.75) is 26.2 Å². The molecule has 0 aromatic heterocycles. The third kappa shape index (κ3) is 4.34. The Morgan fingerprint density at radius 3 is 1.89 bits per heavy atom. The molecule has 0 N–H and O–H groups in total. The standard InChI is InChI=1S/C17H21OSi/c1-2-3-10-15-18-19(16-11-6-4-7-12-16)17-13-8-5-9-14-17/h4-9,11-15,19H,2-3,10H2,1H3. The van der Waals surface area contributed by atoms with E-state index >= 15 is 0 Å². The highest BCUT2D eigenvalue weighted by Gasteiger charge is 2.16. The number of unbranched alkanes of at least 4 members (excludes halogenated alkanes) is 2. The van der Waals surface area contributed by atoms with Crippen molar-refractivity contribution in [3.05, 3.63) is 67.3 Å². The second-order valence-corrected chi connectivity index (χ2v) is 7.01. The van der Waals surface area contributed by atoms with Gasteiger partial charge in [0.15, 0.2) is 0 Å². The minimum atomic E-state index is -1.55. The van der Waals surface area contributed by atoms with Crippen molar-refractivity contribution in [2.75, 3.05) is 0 Å². The quantitative estimate of drug-likeness (QED) is 0.555. The molecule has 2 aromatic rings. The minimum Gasteiger partial charge on any atom is -0.405 e. The second-order valence-electron chi connectivity index (χ2n) is 4.65. The van der Waals surface area contributed by atoms with Gasteiger partial charge in [-0.3, -0.25) is 0 Å². The monoisotopic (exact) mass is 269 g/mol. The number of hydrogen-bond acceptors (Lipinski definition) is 1. The summed E-state index contributed by atoms with van der Waals surface area (Å²) in [7, 11) is -1.55. The molecule has 0 bridgehead atoms. The number of rotatable bonds is 7. The van der Waals surface area contributed by atoms with Gasteiger partial charge in [-0.15, -0.1) is 0 Å². The van der Waals surface area contributed by atoms with Crippen LogP contribution in [0.4, 0.5) is 0 Å². The fraction of sp³-hybridized carbons (Fsp3) is 0.235. The summed E-state index contributed by atoms with van der Waals surface area (Å²) in [4.78, 5) is 0. The molecule has 0 unspecified atom stereocenters. The molecular weight excluding hydrogens is 248 g/mol. The van der Waals surface area contributed by atoms with E-state index in [-0.39, 0.29) is 0 Å². The lowest BCUT2D eigenvalue weighted by molar-refractivity contribution is 0.405. The van der Waals surface area contributed by atoms with Gasteiger partial charge in [-0.2, -0.15) is 0 Å². The van der Waals surface area contributed by atoms with E-state index < -0.39 is 9.04 Å². The number of benzene rings is 2. The molecule has 0 spiro atoms. The molecule has 0 aliphatic carbocycles. The molecule has 0 atom stereocenters. The molecule has 2 rings (SSSR count). The SMILES string of the molecule is CCCC[CH]O[SiH](c1ccccc1)c1ccccc1. The van der Waals surface area contributed by atoms with E-state index in [0.717, 1.165) is 6.42 Å². The zero-order chi connectivity index (χ0) is 13.3. The van der Waals surface area contributed by atoms with Gasteiger partial charge in [0.05, 0.1) is 6.61 Å². The summed E-state index contributed by atoms with van der Waals surface area (Å²) in [6.07, 6.45) is 3.45. The first kappa shape index (κ1) is 14.0. The Kier molecular flexibility index (Phi) is 5.85. The van der Waals surface area contributed by atoms with Gasteiger partial charge < -0.3 is 4.43 Å². The third-order valence-electron chi connectivity index (χ3n) is 3.11. The summed E-state index contributed by atoms with van der Waals surface area (Å²) in [5, 5.41) is 2.67.